The lowest BCUT2D eigenvalue weighted by Crippen LogP contribution is -2.50. The molecule has 2 heterocycles. The Morgan fingerprint density at radius 1 is 0.886 bits per heavy atom. The summed E-state index contributed by atoms with van der Waals surface area (Å²) in [5.74, 6) is 0.382. The minimum absolute atomic E-state index is 0.0563. The van der Waals surface area contributed by atoms with Gasteiger partial charge in [0.2, 0.25) is 11.3 Å². The quantitative estimate of drug-likeness (QED) is 0.327. The predicted octanol–water partition coefficient (Wildman–Crippen LogP) is 5.38. The van der Waals surface area contributed by atoms with E-state index in [-0.39, 0.29) is 23.7 Å². The van der Waals surface area contributed by atoms with Crippen molar-refractivity contribution in [2.24, 2.45) is 21.8 Å². The van der Waals surface area contributed by atoms with Crippen LogP contribution in [0.15, 0.2) is 34.3 Å². The number of aliphatic imine (C=N–C) groups is 2. The first kappa shape index (κ1) is 25.3. The summed E-state index contributed by atoms with van der Waals surface area (Å²) in [4.78, 5) is 45.7. The maximum atomic E-state index is 13.2. The van der Waals surface area contributed by atoms with Crippen LogP contribution >= 0.6 is 0 Å². The van der Waals surface area contributed by atoms with Crippen LogP contribution in [-0.4, -0.2) is 41.1 Å². The number of nitrogens with zero attached hydrogens (tertiary/aromatic N) is 2. The zero-order chi connectivity index (χ0) is 25.0. The van der Waals surface area contributed by atoms with Crippen LogP contribution in [0.5, 0.6) is 0 Å². The van der Waals surface area contributed by atoms with Gasteiger partial charge in [0.05, 0.1) is 0 Å². The molecule has 2 atom stereocenters. The molecule has 0 spiro atoms. The van der Waals surface area contributed by atoms with Gasteiger partial charge in [-0.3, -0.25) is 4.79 Å². The topological polar surface area (TPSA) is 94.4 Å². The Bertz CT molecular complexity index is 1030. The fraction of sp³-hybridized carbons (Fsp3) is 0.607. The Hall–Kier alpha value is -2.83. The van der Waals surface area contributed by atoms with E-state index < -0.39 is 11.5 Å². The van der Waals surface area contributed by atoms with Crippen LogP contribution in [0, 0.1) is 18.8 Å². The molecule has 35 heavy (non-hydrogen) atoms. The molecule has 2 aliphatic carbocycles. The van der Waals surface area contributed by atoms with Crippen molar-refractivity contribution in [3.8, 4) is 0 Å². The van der Waals surface area contributed by atoms with Gasteiger partial charge in [0.15, 0.2) is 17.8 Å². The van der Waals surface area contributed by atoms with E-state index in [0.29, 0.717) is 23.3 Å². The summed E-state index contributed by atoms with van der Waals surface area (Å²) in [7, 11) is 0. The van der Waals surface area contributed by atoms with Crippen molar-refractivity contribution >= 4 is 29.5 Å². The van der Waals surface area contributed by atoms with Crippen molar-refractivity contribution in [1.82, 2.24) is 0 Å². The van der Waals surface area contributed by atoms with Crippen molar-refractivity contribution < 1.29 is 23.9 Å². The summed E-state index contributed by atoms with van der Waals surface area (Å²) in [6.07, 6.45) is 11.0. The normalized spacial score (nSPS) is 27.3. The maximum absolute atomic E-state index is 13.2. The van der Waals surface area contributed by atoms with E-state index in [1.54, 1.807) is 19.9 Å². The van der Waals surface area contributed by atoms with E-state index >= 15 is 0 Å². The molecule has 0 aromatic heterocycles. The van der Waals surface area contributed by atoms with Crippen LogP contribution in [0.25, 0.3) is 0 Å². The Balaban J connectivity index is 0.000000189. The number of rotatable bonds is 4. The SMILES string of the molecule is CC1=NC(C(=O)c2cccc(C)c2)(C2CCCCC2)C(=O)O1.CC1=NC(C2CCCCC2)C(=O)O1. The van der Waals surface area contributed by atoms with Gasteiger partial charge >= 0.3 is 11.9 Å². The summed E-state index contributed by atoms with van der Waals surface area (Å²) in [5, 5.41) is 0. The zero-order valence-electron chi connectivity index (χ0n) is 21.0. The first-order valence-corrected chi connectivity index (χ1v) is 13.0. The molecule has 188 valence electrons. The molecule has 4 aliphatic rings. The van der Waals surface area contributed by atoms with Gasteiger partial charge in [-0.2, -0.15) is 0 Å². The number of cyclic esters (lactones) is 2. The van der Waals surface area contributed by atoms with E-state index in [9.17, 15) is 14.4 Å². The highest BCUT2D eigenvalue weighted by Crippen LogP contribution is 2.41. The molecule has 7 nitrogen and oxygen atoms in total. The Morgan fingerprint density at radius 2 is 1.54 bits per heavy atom. The number of ether oxygens (including phenoxy) is 2. The van der Waals surface area contributed by atoms with E-state index in [1.165, 1.54) is 19.3 Å². The van der Waals surface area contributed by atoms with Crippen molar-refractivity contribution in [2.75, 3.05) is 0 Å². The van der Waals surface area contributed by atoms with Gasteiger partial charge in [-0.25, -0.2) is 19.6 Å². The number of ketones is 1. The molecule has 0 amide bonds. The molecule has 5 rings (SSSR count). The monoisotopic (exact) mass is 480 g/mol. The maximum Gasteiger partial charge on any atom is 0.349 e. The van der Waals surface area contributed by atoms with Gasteiger partial charge in [0, 0.05) is 25.3 Å². The average molecular weight is 481 g/mol. The average Bonchev–Trinajstić information content (AvgIpc) is 3.37. The third-order valence-electron chi connectivity index (χ3n) is 7.61. The van der Waals surface area contributed by atoms with Crippen LogP contribution in [-0.2, 0) is 19.1 Å². The molecule has 2 aliphatic heterocycles. The molecule has 7 heteroatoms. The van der Waals surface area contributed by atoms with E-state index in [4.69, 9.17) is 9.47 Å². The molecule has 0 N–H and O–H groups in total. The Kier molecular flexibility index (Phi) is 7.82. The second kappa shape index (κ2) is 10.8. The highest BCUT2D eigenvalue weighted by atomic mass is 16.6. The third-order valence-corrected chi connectivity index (χ3v) is 7.61. The number of aryl methyl sites for hydroxylation is 1. The van der Waals surface area contributed by atoms with Gasteiger partial charge < -0.3 is 9.47 Å². The Morgan fingerprint density at radius 3 is 2.09 bits per heavy atom. The number of esters is 2. The molecule has 1 aromatic rings. The minimum atomic E-state index is -1.36. The molecule has 2 fully saturated rings. The fourth-order valence-electron chi connectivity index (χ4n) is 5.87. The van der Waals surface area contributed by atoms with Crippen LogP contribution in [0.4, 0.5) is 0 Å². The molecule has 2 saturated carbocycles. The molecular weight excluding hydrogens is 444 g/mol. The van der Waals surface area contributed by atoms with Gasteiger partial charge in [0.25, 0.3) is 0 Å². The lowest BCUT2D eigenvalue weighted by Gasteiger charge is -2.33. The lowest BCUT2D eigenvalue weighted by molar-refractivity contribution is -0.139. The van der Waals surface area contributed by atoms with Crippen molar-refractivity contribution in [1.29, 1.82) is 0 Å². The second-order valence-electron chi connectivity index (χ2n) is 10.2. The third kappa shape index (κ3) is 5.39. The number of hydrogen-bond donors (Lipinski definition) is 0. The van der Waals surface area contributed by atoms with E-state index in [1.807, 2.05) is 25.1 Å². The summed E-state index contributed by atoms with van der Waals surface area (Å²) in [6.45, 7) is 5.33. The van der Waals surface area contributed by atoms with Gasteiger partial charge in [-0.15, -0.1) is 0 Å². The molecule has 0 saturated heterocycles. The fourth-order valence-corrected chi connectivity index (χ4v) is 5.87. The summed E-state index contributed by atoms with van der Waals surface area (Å²) >= 11 is 0. The Labute approximate surface area is 207 Å². The van der Waals surface area contributed by atoms with Crippen molar-refractivity contribution in [2.45, 2.75) is 96.6 Å². The number of carbonyl (C=O) groups excluding carboxylic acids is 3. The molecule has 1 aromatic carbocycles. The van der Waals surface area contributed by atoms with Crippen LogP contribution in [0.3, 0.4) is 0 Å². The van der Waals surface area contributed by atoms with Crippen LogP contribution < -0.4 is 0 Å². The highest BCUT2D eigenvalue weighted by molar-refractivity contribution is 6.21. The van der Waals surface area contributed by atoms with Gasteiger partial charge in [-0.05, 0) is 44.6 Å². The number of Topliss-reactive ketones (excluding diaryl/α,β-unsaturated/α-hetero) is 1. The van der Waals surface area contributed by atoms with Gasteiger partial charge in [-0.1, -0.05) is 62.3 Å². The van der Waals surface area contributed by atoms with Crippen LogP contribution in [0.2, 0.25) is 0 Å². The number of hydrogen-bond acceptors (Lipinski definition) is 7. The summed E-state index contributed by atoms with van der Waals surface area (Å²) in [6, 6.07) is 7.18. The smallest absolute Gasteiger partial charge is 0.349 e. The van der Waals surface area contributed by atoms with E-state index in [0.717, 1.165) is 50.5 Å². The zero-order valence-corrected chi connectivity index (χ0v) is 21.0. The molecule has 0 radical (unpaired) electrons. The summed E-state index contributed by atoms with van der Waals surface area (Å²) in [5.41, 5.74) is 0.177. The highest BCUT2D eigenvalue weighted by Gasteiger charge is 2.57. The molecular formula is C28H36N2O5. The predicted molar refractivity (Wildman–Crippen MR) is 134 cm³/mol. The van der Waals surface area contributed by atoms with Gasteiger partial charge in [0.1, 0.15) is 0 Å². The van der Waals surface area contributed by atoms with Crippen molar-refractivity contribution in [3.05, 3.63) is 35.4 Å². The van der Waals surface area contributed by atoms with Crippen LogP contribution in [0.1, 0.15) is 94.0 Å². The first-order valence-electron chi connectivity index (χ1n) is 13.0. The van der Waals surface area contributed by atoms with Crippen molar-refractivity contribution in [3.63, 3.8) is 0 Å². The number of benzene rings is 1. The van der Waals surface area contributed by atoms with E-state index in [2.05, 4.69) is 9.98 Å². The lowest BCUT2D eigenvalue weighted by atomic mass is 9.71. The summed E-state index contributed by atoms with van der Waals surface area (Å²) < 4.78 is 10.1. The minimum Gasteiger partial charge on any atom is -0.411 e. The standard InChI is InChI=1S/C18H21NO3.C10H15NO2/c1-12-7-6-8-14(11-12)16(20)18(15-9-4-3-5-10-15)17(21)22-13(2)19-18;1-7-11-9(10(12)13-7)8-5-3-2-4-6-8/h6-8,11,15H,3-5,9-10H2,1-2H3;8-9H,2-6H2,1H3. The molecule has 2 unspecified atom stereocenters. The number of carbonyl (C=O) groups is 3. The largest absolute Gasteiger partial charge is 0.411 e. The molecule has 0 bridgehead atoms. The second-order valence-corrected chi connectivity index (χ2v) is 10.2. The first-order chi connectivity index (χ1) is 16.8.